The SMILES string of the molecule is O=C(NC1C(O)CC(OP(=O)(O)OCC2OC(C3CCCCC3)C(O)C2O)(C(=O)O)OC1[C@H](O)[C@H](O)CO)OCC1c2ccccc2-c2ccccc21. The van der Waals surface area contributed by atoms with Crippen molar-refractivity contribution in [3.8, 4) is 11.1 Å². The molecule has 9 N–H and O–H groups in total. The molecule has 0 radical (unpaired) electrons. The van der Waals surface area contributed by atoms with E-state index in [1.165, 1.54) is 0 Å². The maximum Gasteiger partial charge on any atom is 0.475 e. The minimum Gasteiger partial charge on any atom is -0.477 e. The summed E-state index contributed by atoms with van der Waals surface area (Å²) in [5, 5.41) is 75.6. The third kappa shape index (κ3) is 8.32. The first kappa shape index (κ1) is 39.7. The highest BCUT2D eigenvalue weighted by molar-refractivity contribution is 7.47. The van der Waals surface area contributed by atoms with Crippen LogP contribution in [-0.2, 0) is 32.6 Å². The number of aliphatic hydroxyl groups excluding tert-OH is 6. The summed E-state index contributed by atoms with van der Waals surface area (Å²) in [6.45, 7) is -2.02. The molecule has 2 aliphatic heterocycles. The summed E-state index contributed by atoms with van der Waals surface area (Å²) in [5.41, 5.74) is 3.76. The fraction of sp³-hybridized carbons (Fsp3) is 0.600. The van der Waals surface area contributed by atoms with Gasteiger partial charge in [0.05, 0.1) is 31.5 Å². The van der Waals surface area contributed by atoms with E-state index in [0.29, 0.717) is 0 Å². The lowest BCUT2D eigenvalue weighted by atomic mass is 9.83. The van der Waals surface area contributed by atoms with Crippen molar-refractivity contribution in [3.63, 3.8) is 0 Å². The number of aliphatic carboxylic acids is 1. The van der Waals surface area contributed by atoms with Crippen LogP contribution in [-0.4, -0.2) is 133 Å². The molecule has 18 heteroatoms. The Morgan fingerprint density at radius 3 is 2.17 bits per heavy atom. The second-order valence-electron chi connectivity index (χ2n) is 14.0. The second kappa shape index (κ2) is 16.4. The number of hydrogen-bond donors (Lipinski definition) is 9. The van der Waals surface area contributed by atoms with Crippen LogP contribution in [0.1, 0.15) is 55.6 Å². The van der Waals surface area contributed by atoms with Gasteiger partial charge in [-0.1, -0.05) is 67.8 Å². The Bertz CT molecular complexity index is 1610. The first-order valence-corrected chi connectivity index (χ1v) is 19.1. The molecule has 9 unspecified atom stereocenters. The number of carboxylic acid groups (broad SMARTS) is 1. The highest BCUT2D eigenvalue weighted by Crippen LogP contribution is 2.52. The Kier molecular flexibility index (Phi) is 12.2. The van der Waals surface area contributed by atoms with Crippen LogP contribution in [0.2, 0.25) is 0 Å². The lowest BCUT2D eigenvalue weighted by molar-refractivity contribution is -0.288. The molecular weight excluding hydrogens is 721 g/mol. The number of nitrogens with one attached hydrogen (secondary N) is 1. The number of fused-ring (bicyclic) bond motifs is 3. The molecular formula is C35H46NO16P. The van der Waals surface area contributed by atoms with Crippen LogP contribution in [0, 0.1) is 5.92 Å². The molecule has 17 nitrogen and oxygen atoms in total. The third-order valence-electron chi connectivity index (χ3n) is 10.6. The number of alkyl carbamates (subject to hydrolysis) is 1. The summed E-state index contributed by atoms with van der Waals surface area (Å²) in [4.78, 5) is 36.4. The molecule has 0 spiro atoms. The van der Waals surface area contributed by atoms with Gasteiger partial charge in [-0.05, 0) is 41.0 Å². The largest absolute Gasteiger partial charge is 0.477 e. The summed E-state index contributed by atoms with van der Waals surface area (Å²) >= 11 is 0. The zero-order valence-electron chi connectivity index (χ0n) is 28.6. The van der Waals surface area contributed by atoms with Gasteiger partial charge >= 0.3 is 19.9 Å². The summed E-state index contributed by atoms with van der Waals surface area (Å²) in [7, 11) is -5.46. The van der Waals surface area contributed by atoms with Crippen LogP contribution < -0.4 is 5.32 Å². The van der Waals surface area contributed by atoms with Gasteiger partial charge in [-0.2, -0.15) is 0 Å². The Labute approximate surface area is 304 Å². The fourth-order valence-electron chi connectivity index (χ4n) is 7.91. The van der Waals surface area contributed by atoms with Crippen molar-refractivity contribution in [1.82, 2.24) is 5.32 Å². The van der Waals surface area contributed by atoms with Crippen LogP contribution in [0.4, 0.5) is 4.79 Å². The number of phosphoric acid groups is 1. The highest BCUT2D eigenvalue weighted by atomic mass is 31.2. The van der Waals surface area contributed by atoms with Gasteiger partial charge in [-0.25, -0.2) is 18.7 Å². The standard InChI is InChI=1S/C35H46NO16P/c37-15-25(39)28(40)32-27(36-34(45)48-16-23-21-12-6-4-10-19(21)20-11-5-7-13-22(20)23)24(38)14-35(51-32,33(43)44)52-53(46,47)49-17-26-29(41)30(42)31(50-26)18-8-2-1-3-9-18/h4-7,10-13,18,23-32,37-42H,1-3,8-9,14-17H2,(H,36,45)(H,43,44)(H,46,47)/t24?,25-,26?,27?,28-,29?,30?,31?,32?,35?/m1/s1. The number of carboxylic acids is 1. The van der Waals surface area contributed by atoms with Crippen molar-refractivity contribution >= 4 is 19.9 Å². The monoisotopic (exact) mass is 767 g/mol. The minimum atomic E-state index is -5.46. The van der Waals surface area contributed by atoms with E-state index >= 15 is 0 Å². The van der Waals surface area contributed by atoms with E-state index in [1.807, 2.05) is 48.5 Å². The Hall–Kier alpha value is -3.03. The van der Waals surface area contributed by atoms with Crippen molar-refractivity contribution in [2.24, 2.45) is 5.92 Å². The summed E-state index contributed by atoms with van der Waals surface area (Å²) < 4.78 is 40.0. The quantitative estimate of drug-likeness (QED) is 0.127. The average molecular weight is 768 g/mol. The zero-order valence-corrected chi connectivity index (χ0v) is 29.5. The lowest BCUT2D eigenvalue weighted by Gasteiger charge is -2.46. The number of rotatable bonds is 13. The van der Waals surface area contributed by atoms with Crippen molar-refractivity contribution < 1.29 is 78.1 Å². The molecule has 2 heterocycles. The van der Waals surface area contributed by atoms with Gasteiger partial charge in [0.25, 0.3) is 5.79 Å². The van der Waals surface area contributed by atoms with Crippen LogP contribution in [0.5, 0.6) is 0 Å². The first-order chi connectivity index (χ1) is 25.2. The molecule has 2 aromatic carbocycles. The lowest BCUT2D eigenvalue weighted by Crippen LogP contribution is -2.67. The predicted octanol–water partition coefficient (Wildman–Crippen LogP) is 0.742. The van der Waals surface area contributed by atoms with Crippen LogP contribution in [0.25, 0.3) is 11.1 Å². The maximum atomic E-state index is 13.2. The molecule has 2 aliphatic carbocycles. The van der Waals surface area contributed by atoms with E-state index in [1.54, 1.807) is 0 Å². The molecule has 2 aromatic rings. The normalized spacial score (nSPS) is 32.6. The number of carbonyl (C=O) groups is 2. The van der Waals surface area contributed by atoms with Crippen molar-refractivity contribution in [1.29, 1.82) is 0 Å². The van der Waals surface area contributed by atoms with Crippen LogP contribution >= 0.6 is 7.82 Å². The van der Waals surface area contributed by atoms with Gasteiger partial charge < -0.3 is 60.2 Å². The molecule has 11 atom stereocenters. The van der Waals surface area contributed by atoms with Crippen molar-refractivity contribution in [3.05, 3.63) is 59.7 Å². The van der Waals surface area contributed by atoms with Crippen molar-refractivity contribution in [2.75, 3.05) is 19.8 Å². The Morgan fingerprint density at radius 1 is 0.943 bits per heavy atom. The van der Waals surface area contributed by atoms with E-state index in [0.717, 1.165) is 54.4 Å². The molecule has 0 aromatic heterocycles. The number of ether oxygens (including phenoxy) is 3. The number of benzene rings is 2. The minimum absolute atomic E-state index is 0.0457. The number of carbonyl (C=O) groups excluding carboxylic acids is 1. The zero-order chi connectivity index (χ0) is 38.1. The fourth-order valence-corrected chi connectivity index (χ4v) is 8.87. The molecule has 3 fully saturated rings. The smallest absolute Gasteiger partial charge is 0.475 e. The Morgan fingerprint density at radius 2 is 1.57 bits per heavy atom. The van der Waals surface area contributed by atoms with Gasteiger partial charge in [0.15, 0.2) is 0 Å². The molecule has 6 rings (SSSR count). The molecule has 53 heavy (non-hydrogen) atoms. The topological polar surface area (TPSA) is 271 Å². The van der Waals surface area contributed by atoms with Crippen LogP contribution in [0.3, 0.4) is 0 Å². The van der Waals surface area contributed by atoms with Gasteiger partial charge in [0, 0.05) is 12.3 Å². The van der Waals surface area contributed by atoms with E-state index < -0.39 is 100 Å². The van der Waals surface area contributed by atoms with E-state index in [4.69, 9.17) is 23.3 Å². The van der Waals surface area contributed by atoms with E-state index in [-0.39, 0.29) is 18.4 Å². The second-order valence-corrected chi connectivity index (χ2v) is 15.4. The van der Waals surface area contributed by atoms with Gasteiger partial charge in [-0.3, -0.25) is 4.52 Å². The maximum absolute atomic E-state index is 13.2. The predicted molar refractivity (Wildman–Crippen MR) is 181 cm³/mol. The summed E-state index contributed by atoms with van der Waals surface area (Å²) in [6.07, 6.45) is -10.9. The first-order valence-electron chi connectivity index (χ1n) is 17.6. The summed E-state index contributed by atoms with van der Waals surface area (Å²) in [6, 6.07) is 13.5. The number of phosphoric ester groups is 1. The van der Waals surface area contributed by atoms with Gasteiger partial charge in [-0.15, -0.1) is 0 Å². The molecule has 0 bridgehead atoms. The van der Waals surface area contributed by atoms with Gasteiger partial charge in [0.2, 0.25) is 0 Å². The number of amides is 1. The van der Waals surface area contributed by atoms with Crippen molar-refractivity contribution in [2.45, 2.75) is 105 Å². The average Bonchev–Trinajstić information content (AvgIpc) is 3.62. The number of hydrogen-bond acceptors (Lipinski definition) is 14. The molecule has 1 amide bonds. The molecule has 1 saturated carbocycles. The molecule has 2 saturated heterocycles. The molecule has 292 valence electrons. The summed E-state index contributed by atoms with van der Waals surface area (Å²) in [5.74, 6) is -5.64. The third-order valence-corrected chi connectivity index (χ3v) is 11.6. The highest BCUT2D eigenvalue weighted by Gasteiger charge is 2.59. The van der Waals surface area contributed by atoms with E-state index in [2.05, 4.69) is 5.32 Å². The molecule has 4 aliphatic rings. The van der Waals surface area contributed by atoms with E-state index in [9.17, 15) is 54.8 Å². The number of aliphatic hydroxyl groups is 6. The van der Waals surface area contributed by atoms with Crippen LogP contribution in [0.15, 0.2) is 48.5 Å². The Balaban J connectivity index is 1.13. The van der Waals surface area contributed by atoms with Gasteiger partial charge in [0.1, 0.15) is 43.2 Å².